The van der Waals surface area contributed by atoms with Crippen LogP contribution in [0.3, 0.4) is 0 Å². The molecule has 0 saturated heterocycles. The van der Waals surface area contributed by atoms with Gasteiger partial charge >= 0.3 is 0 Å². The summed E-state index contributed by atoms with van der Waals surface area (Å²) in [5.41, 5.74) is 2.72. The van der Waals surface area contributed by atoms with Crippen molar-refractivity contribution in [2.45, 2.75) is 104 Å². The Morgan fingerprint density at radius 3 is 1.17 bits per heavy atom. The Balaban J connectivity index is 1.54. The highest BCUT2D eigenvalue weighted by Gasteiger charge is 2.01. The molecule has 0 heterocycles. The highest BCUT2D eigenvalue weighted by Crippen LogP contribution is 2.23. The monoisotopic (exact) mass is 482 g/mol. The summed E-state index contributed by atoms with van der Waals surface area (Å²) in [5.74, 6) is 1.79. The van der Waals surface area contributed by atoms with Gasteiger partial charge in [-0.05, 0) is 86.8 Å². The molecule has 0 aliphatic heterocycles. The highest BCUT2D eigenvalue weighted by atomic mass is 16.5. The first kappa shape index (κ1) is 29.4. The molecule has 2 rings (SSSR count). The molecule has 196 valence electrons. The average molecular weight is 483 g/mol. The van der Waals surface area contributed by atoms with Crippen LogP contribution in [-0.4, -0.2) is 26.4 Å². The van der Waals surface area contributed by atoms with E-state index in [1.54, 1.807) is 0 Å². The lowest BCUT2D eigenvalue weighted by molar-refractivity contribution is 0.126. The SMILES string of the molecule is CCCCCCOCCCCc1ccc(Oc2ccc(CCCCOCCCCCC)cc2)cc1. The molecule has 0 unspecified atom stereocenters. The predicted octanol–water partition coefficient (Wildman–Crippen LogP) is 9.32. The zero-order valence-corrected chi connectivity index (χ0v) is 22.6. The molecule has 0 aromatic heterocycles. The van der Waals surface area contributed by atoms with Crippen LogP contribution in [-0.2, 0) is 22.3 Å². The van der Waals surface area contributed by atoms with E-state index in [4.69, 9.17) is 14.2 Å². The van der Waals surface area contributed by atoms with E-state index >= 15 is 0 Å². The lowest BCUT2D eigenvalue weighted by Crippen LogP contribution is -1.98. The van der Waals surface area contributed by atoms with Gasteiger partial charge in [-0.3, -0.25) is 0 Å². The van der Waals surface area contributed by atoms with Gasteiger partial charge in [-0.1, -0.05) is 76.6 Å². The first-order chi connectivity index (χ1) is 17.3. The van der Waals surface area contributed by atoms with Gasteiger partial charge in [-0.25, -0.2) is 0 Å². The normalized spacial score (nSPS) is 11.1. The van der Waals surface area contributed by atoms with E-state index in [1.807, 2.05) is 0 Å². The predicted molar refractivity (Wildman–Crippen MR) is 149 cm³/mol. The van der Waals surface area contributed by atoms with Crippen molar-refractivity contribution in [3.8, 4) is 11.5 Å². The fourth-order valence-electron chi connectivity index (χ4n) is 4.12. The Bertz CT molecular complexity index is 660. The van der Waals surface area contributed by atoms with Crippen molar-refractivity contribution < 1.29 is 14.2 Å². The van der Waals surface area contributed by atoms with Crippen LogP contribution in [0.2, 0.25) is 0 Å². The van der Waals surface area contributed by atoms with E-state index in [9.17, 15) is 0 Å². The van der Waals surface area contributed by atoms with Gasteiger partial charge in [0, 0.05) is 26.4 Å². The van der Waals surface area contributed by atoms with E-state index in [0.29, 0.717) is 0 Å². The van der Waals surface area contributed by atoms with Crippen LogP contribution >= 0.6 is 0 Å². The van der Waals surface area contributed by atoms with Gasteiger partial charge in [0.05, 0.1) is 0 Å². The molecule has 0 spiro atoms. The maximum Gasteiger partial charge on any atom is 0.127 e. The number of ether oxygens (including phenoxy) is 3. The number of aryl methyl sites for hydroxylation is 2. The number of rotatable bonds is 22. The number of hydrogen-bond acceptors (Lipinski definition) is 3. The second-order valence-electron chi connectivity index (χ2n) is 9.65. The van der Waals surface area contributed by atoms with Crippen LogP contribution in [0, 0.1) is 0 Å². The lowest BCUT2D eigenvalue weighted by Gasteiger charge is -2.09. The summed E-state index contributed by atoms with van der Waals surface area (Å²) >= 11 is 0. The van der Waals surface area contributed by atoms with E-state index in [0.717, 1.165) is 63.6 Å². The average Bonchev–Trinajstić information content (AvgIpc) is 2.88. The molecule has 0 N–H and O–H groups in total. The van der Waals surface area contributed by atoms with E-state index < -0.39 is 0 Å². The Morgan fingerprint density at radius 1 is 0.429 bits per heavy atom. The molecule has 3 nitrogen and oxygen atoms in total. The fraction of sp³-hybridized carbons (Fsp3) is 0.625. The van der Waals surface area contributed by atoms with E-state index in [1.165, 1.54) is 75.3 Å². The van der Waals surface area contributed by atoms with Crippen molar-refractivity contribution in [2.75, 3.05) is 26.4 Å². The molecular formula is C32H50O3. The number of benzene rings is 2. The van der Waals surface area contributed by atoms with Gasteiger partial charge < -0.3 is 14.2 Å². The van der Waals surface area contributed by atoms with E-state index in [-0.39, 0.29) is 0 Å². The third kappa shape index (κ3) is 15.0. The molecule has 2 aromatic carbocycles. The largest absolute Gasteiger partial charge is 0.457 e. The van der Waals surface area contributed by atoms with Crippen LogP contribution in [0.15, 0.2) is 48.5 Å². The summed E-state index contributed by atoms with van der Waals surface area (Å²) < 4.78 is 17.5. The maximum atomic E-state index is 6.04. The van der Waals surface area contributed by atoms with Crippen molar-refractivity contribution in [3.05, 3.63) is 59.7 Å². The Hall–Kier alpha value is -1.84. The molecule has 0 aliphatic rings. The standard InChI is InChI=1S/C32H50O3/c1-3-5-7-11-25-33-27-13-9-15-29-17-21-31(22-18-29)35-32-23-19-30(20-24-32)16-10-14-28-34-26-12-8-6-4-2/h17-24H,3-16,25-28H2,1-2H3. The van der Waals surface area contributed by atoms with Crippen LogP contribution in [0.4, 0.5) is 0 Å². The Morgan fingerprint density at radius 2 is 0.800 bits per heavy atom. The van der Waals surface area contributed by atoms with Crippen molar-refractivity contribution in [2.24, 2.45) is 0 Å². The van der Waals surface area contributed by atoms with Gasteiger partial charge in [0.25, 0.3) is 0 Å². The minimum atomic E-state index is 0.885. The molecule has 3 heteroatoms. The summed E-state index contributed by atoms with van der Waals surface area (Å²) in [7, 11) is 0. The van der Waals surface area contributed by atoms with Gasteiger partial charge in [0.15, 0.2) is 0 Å². The molecule has 0 saturated carbocycles. The molecular weight excluding hydrogens is 432 g/mol. The van der Waals surface area contributed by atoms with Gasteiger partial charge in [0.2, 0.25) is 0 Å². The highest BCUT2D eigenvalue weighted by molar-refractivity contribution is 5.34. The second-order valence-corrected chi connectivity index (χ2v) is 9.65. The molecule has 0 radical (unpaired) electrons. The summed E-state index contributed by atoms with van der Waals surface area (Å²) in [6.07, 6.45) is 17.0. The summed E-state index contributed by atoms with van der Waals surface area (Å²) in [6.45, 7) is 8.09. The molecule has 35 heavy (non-hydrogen) atoms. The van der Waals surface area contributed by atoms with E-state index in [2.05, 4.69) is 62.4 Å². The summed E-state index contributed by atoms with van der Waals surface area (Å²) in [4.78, 5) is 0. The van der Waals surface area contributed by atoms with Crippen molar-refractivity contribution >= 4 is 0 Å². The number of hydrogen-bond donors (Lipinski definition) is 0. The smallest absolute Gasteiger partial charge is 0.127 e. The van der Waals surface area contributed by atoms with Gasteiger partial charge in [-0.2, -0.15) is 0 Å². The number of unbranched alkanes of at least 4 members (excludes halogenated alkanes) is 8. The van der Waals surface area contributed by atoms with Crippen LogP contribution in [0.5, 0.6) is 11.5 Å². The van der Waals surface area contributed by atoms with Gasteiger partial charge in [-0.15, -0.1) is 0 Å². The van der Waals surface area contributed by atoms with Crippen molar-refractivity contribution in [3.63, 3.8) is 0 Å². The molecule has 0 amide bonds. The zero-order valence-electron chi connectivity index (χ0n) is 22.6. The minimum Gasteiger partial charge on any atom is -0.457 e. The van der Waals surface area contributed by atoms with Crippen molar-refractivity contribution in [1.29, 1.82) is 0 Å². The zero-order chi connectivity index (χ0) is 24.8. The second kappa shape index (κ2) is 20.4. The van der Waals surface area contributed by atoms with Gasteiger partial charge in [0.1, 0.15) is 11.5 Å². The lowest BCUT2D eigenvalue weighted by atomic mass is 10.1. The third-order valence-electron chi connectivity index (χ3n) is 6.38. The fourth-order valence-corrected chi connectivity index (χ4v) is 4.12. The third-order valence-corrected chi connectivity index (χ3v) is 6.38. The molecule has 0 aliphatic carbocycles. The van der Waals surface area contributed by atoms with Crippen LogP contribution in [0.25, 0.3) is 0 Å². The van der Waals surface area contributed by atoms with Crippen LogP contribution in [0.1, 0.15) is 102 Å². The molecule has 0 atom stereocenters. The van der Waals surface area contributed by atoms with Crippen molar-refractivity contribution in [1.82, 2.24) is 0 Å². The molecule has 0 fully saturated rings. The quantitative estimate of drug-likeness (QED) is 0.156. The first-order valence-corrected chi connectivity index (χ1v) is 14.3. The van der Waals surface area contributed by atoms with Crippen LogP contribution < -0.4 is 4.74 Å². The molecule has 0 bridgehead atoms. The Kier molecular flexibility index (Phi) is 17.1. The Labute approximate surface area is 215 Å². The minimum absolute atomic E-state index is 0.885. The first-order valence-electron chi connectivity index (χ1n) is 14.3. The topological polar surface area (TPSA) is 27.7 Å². The summed E-state index contributed by atoms with van der Waals surface area (Å²) in [6, 6.07) is 17.0. The maximum absolute atomic E-state index is 6.04. The molecule has 2 aromatic rings. The summed E-state index contributed by atoms with van der Waals surface area (Å²) in [5, 5.41) is 0.